The Morgan fingerprint density at radius 3 is 2.67 bits per heavy atom. The van der Waals surface area contributed by atoms with Crippen LogP contribution in [0.3, 0.4) is 0 Å². The number of hydrogen-bond acceptors (Lipinski definition) is 8. The summed E-state index contributed by atoms with van der Waals surface area (Å²) in [4.78, 5) is 35.5. The normalized spacial score (nSPS) is 14.6. The number of aryl methyl sites for hydroxylation is 1. The van der Waals surface area contributed by atoms with Crippen LogP contribution in [0.25, 0.3) is 0 Å². The van der Waals surface area contributed by atoms with Gasteiger partial charge in [0.05, 0.1) is 12.0 Å². The molecule has 164 valence electrons. The van der Waals surface area contributed by atoms with Gasteiger partial charge in [0.1, 0.15) is 0 Å². The average Bonchev–Trinajstić information content (AvgIpc) is 2.73. The largest absolute Gasteiger partial charge is 1.00 e. The summed E-state index contributed by atoms with van der Waals surface area (Å²) in [5.41, 5.74) is 3.51. The van der Waals surface area contributed by atoms with Gasteiger partial charge in [-0.3, -0.25) is 4.79 Å². The van der Waals surface area contributed by atoms with Crippen molar-refractivity contribution in [3.05, 3.63) is 63.1 Å². The molecule has 1 aromatic heterocycles. The Bertz CT molecular complexity index is 1300. The molecule has 9 nitrogen and oxygen atoms in total. The van der Waals surface area contributed by atoms with Crippen LogP contribution in [-0.2, 0) is 11.2 Å². The van der Waals surface area contributed by atoms with Crippen LogP contribution in [0.5, 0.6) is 0 Å². The van der Waals surface area contributed by atoms with Gasteiger partial charge < -0.3 is 35.4 Å². The van der Waals surface area contributed by atoms with Gasteiger partial charge in [-0.2, -0.15) is 4.98 Å². The van der Waals surface area contributed by atoms with Crippen LogP contribution in [0.1, 0.15) is 22.3 Å². The molecule has 3 aromatic rings. The monoisotopic (exact) mass is 506 g/mol. The molecule has 1 unspecified atom stereocenters. The number of anilines is 4. The number of hydrogen-bond donors (Lipinski definition) is 4. The summed E-state index contributed by atoms with van der Waals surface area (Å²) in [7, 11) is 1.73. The number of H-pyrrole nitrogens is 2. The van der Waals surface area contributed by atoms with Crippen molar-refractivity contribution >= 4 is 59.3 Å². The Morgan fingerprint density at radius 1 is 1.15 bits per heavy atom. The zero-order valence-electron chi connectivity index (χ0n) is 18.0. The quantitative estimate of drug-likeness (QED) is 0.274. The van der Waals surface area contributed by atoms with E-state index in [0.29, 0.717) is 40.5 Å². The van der Waals surface area contributed by atoms with E-state index in [4.69, 9.17) is 24.4 Å². The first-order chi connectivity index (χ1) is 15.3. The van der Waals surface area contributed by atoms with Crippen LogP contribution in [0.2, 0.25) is 0 Å². The molecular formula is C21H19KN6O3S2. The molecule has 33 heavy (non-hydrogen) atoms. The zero-order valence-corrected chi connectivity index (χ0v) is 22.7. The number of rotatable bonds is 5. The first-order valence-corrected chi connectivity index (χ1v) is 10.6. The van der Waals surface area contributed by atoms with E-state index in [1.165, 1.54) is 0 Å². The number of benzene rings is 2. The van der Waals surface area contributed by atoms with Crippen molar-refractivity contribution in [3.8, 4) is 0 Å². The second kappa shape index (κ2) is 11.0. The first-order valence-electron chi connectivity index (χ1n) is 9.76. The molecule has 2 aromatic carbocycles. The number of carboxylic acids is 1. The number of carboxylic acid groups (broad SMARTS) is 1. The summed E-state index contributed by atoms with van der Waals surface area (Å²) in [5, 5.41) is 17.2. The second-order valence-electron chi connectivity index (χ2n) is 7.33. The standard InChI is InChI=1S/C21H20N6O3S2.K/c1-27-15-8-6-14(9-11(15)5-7-16(27)18(29)30)22-17(28)12-3-2-4-13(10-12)23-19-24-20(31)26-21(32)25-19;/h2-4,6,8-10,16H,5,7H2,1H3,(H,22,28)(H,29,30)(H3,23,24,25,26,31,32);/q;+1/p-1. The van der Waals surface area contributed by atoms with Crippen molar-refractivity contribution in [1.29, 1.82) is 0 Å². The molecule has 4 rings (SSSR count). The van der Waals surface area contributed by atoms with Gasteiger partial charge in [0.25, 0.3) is 5.91 Å². The number of nitrogens with zero attached hydrogens (tertiary/aromatic N) is 2. The number of aromatic amines is 2. The molecule has 0 spiro atoms. The summed E-state index contributed by atoms with van der Waals surface area (Å²) < 4.78 is 0.583. The number of aromatic nitrogens is 3. The van der Waals surface area contributed by atoms with Gasteiger partial charge >= 0.3 is 51.4 Å². The third kappa shape index (κ3) is 6.15. The van der Waals surface area contributed by atoms with Crippen LogP contribution in [0, 0.1) is 9.54 Å². The van der Waals surface area contributed by atoms with Gasteiger partial charge in [-0.1, -0.05) is 6.07 Å². The van der Waals surface area contributed by atoms with Crippen LogP contribution >= 0.6 is 24.4 Å². The zero-order chi connectivity index (χ0) is 22.8. The third-order valence-corrected chi connectivity index (χ3v) is 5.59. The third-order valence-electron chi connectivity index (χ3n) is 5.20. The second-order valence-corrected chi connectivity index (χ2v) is 8.13. The van der Waals surface area contributed by atoms with E-state index in [9.17, 15) is 14.7 Å². The SMILES string of the molecule is CN1c2ccc(NC(=O)c3cccc(Nc4nc(=S)[nH]c(=S)[nH]4)c3)cc2CCC1C(=O)[O-].[K+]. The predicted molar refractivity (Wildman–Crippen MR) is 124 cm³/mol. The molecule has 0 saturated carbocycles. The van der Waals surface area contributed by atoms with Gasteiger partial charge in [-0.05, 0) is 79.2 Å². The predicted octanol–water partition coefficient (Wildman–Crippen LogP) is -0.302. The van der Waals surface area contributed by atoms with Crippen LogP contribution < -0.4 is 72.0 Å². The molecule has 0 bridgehead atoms. The molecule has 0 radical (unpaired) electrons. The van der Waals surface area contributed by atoms with Crippen LogP contribution in [0.15, 0.2) is 42.5 Å². The van der Waals surface area contributed by atoms with Crippen molar-refractivity contribution in [2.75, 3.05) is 22.6 Å². The maximum absolute atomic E-state index is 12.8. The minimum absolute atomic E-state index is 0. The van der Waals surface area contributed by atoms with Gasteiger partial charge in [0.2, 0.25) is 10.7 Å². The van der Waals surface area contributed by atoms with Crippen molar-refractivity contribution in [2.45, 2.75) is 18.9 Å². The molecule has 1 amide bonds. The topological polar surface area (TPSA) is 129 Å². The fourth-order valence-corrected chi connectivity index (χ4v) is 4.12. The van der Waals surface area contributed by atoms with Crippen LogP contribution in [0.4, 0.5) is 23.0 Å². The van der Waals surface area contributed by atoms with E-state index in [-0.39, 0.29) is 62.1 Å². The summed E-state index contributed by atoms with van der Waals surface area (Å²) in [6.45, 7) is 0. The molecule has 4 N–H and O–H groups in total. The molecule has 1 atom stereocenters. The number of nitrogens with one attached hydrogen (secondary N) is 4. The molecule has 2 heterocycles. The van der Waals surface area contributed by atoms with E-state index in [2.05, 4.69) is 25.6 Å². The van der Waals surface area contributed by atoms with E-state index >= 15 is 0 Å². The van der Waals surface area contributed by atoms with Crippen molar-refractivity contribution < 1.29 is 66.1 Å². The van der Waals surface area contributed by atoms with E-state index < -0.39 is 12.0 Å². The van der Waals surface area contributed by atoms with Crippen molar-refractivity contribution in [2.24, 2.45) is 0 Å². The number of aliphatic carboxylic acids is 1. The summed E-state index contributed by atoms with van der Waals surface area (Å²) in [5.74, 6) is -1.00. The minimum Gasteiger partial charge on any atom is -0.548 e. The summed E-state index contributed by atoms with van der Waals surface area (Å²) in [6, 6.07) is 11.7. The average molecular weight is 507 g/mol. The number of amides is 1. The van der Waals surface area contributed by atoms with E-state index in [0.717, 1.165) is 11.3 Å². The number of carbonyl (C=O) groups excluding carboxylic acids is 2. The van der Waals surface area contributed by atoms with Gasteiger partial charge in [0, 0.05) is 29.7 Å². The maximum Gasteiger partial charge on any atom is 1.00 e. The Balaban J connectivity index is 0.00000306. The Kier molecular flexibility index (Phi) is 8.56. The van der Waals surface area contributed by atoms with Gasteiger partial charge in [0.15, 0.2) is 4.77 Å². The summed E-state index contributed by atoms with van der Waals surface area (Å²) in [6.07, 6.45) is 1.05. The molecule has 0 fully saturated rings. The van der Waals surface area contributed by atoms with Gasteiger partial charge in [-0.25, -0.2) is 0 Å². The molecule has 0 saturated heterocycles. The van der Waals surface area contributed by atoms with E-state index in [1.54, 1.807) is 42.3 Å². The smallest absolute Gasteiger partial charge is 0.548 e. The number of likely N-dealkylation sites (N-methyl/N-ethyl adjacent to an activating group) is 1. The van der Waals surface area contributed by atoms with Crippen molar-refractivity contribution in [1.82, 2.24) is 15.0 Å². The number of carbonyl (C=O) groups is 2. The Hall–Kier alpha value is -1.93. The maximum atomic E-state index is 12.8. The fraction of sp³-hybridized carbons (Fsp3) is 0.190. The molecule has 1 aliphatic rings. The van der Waals surface area contributed by atoms with Gasteiger partial charge in [-0.15, -0.1) is 0 Å². The van der Waals surface area contributed by atoms with Crippen LogP contribution in [-0.4, -0.2) is 39.9 Å². The van der Waals surface area contributed by atoms with E-state index in [1.807, 2.05) is 12.1 Å². The first kappa shape index (κ1) is 25.7. The minimum atomic E-state index is -1.08. The molecule has 12 heteroatoms. The molecule has 1 aliphatic heterocycles. The molecule has 0 aliphatic carbocycles. The Labute approximate surface area is 242 Å². The number of fused-ring (bicyclic) bond motifs is 1. The summed E-state index contributed by atoms with van der Waals surface area (Å²) >= 11 is 10.1. The van der Waals surface area contributed by atoms with Crippen molar-refractivity contribution in [3.63, 3.8) is 0 Å². The molecular weight excluding hydrogens is 488 g/mol. The fourth-order valence-electron chi connectivity index (χ4n) is 3.67. The Morgan fingerprint density at radius 2 is 1.94 bits per heavy atom.